The summed E-state index contributed by atoms with van der Waals surface area (Å²) in [6.45, 7) is 5.09. The van der Waals surface area contributed by atoms with Gasteiger partial charge in [0.15, 0.2) is 0 Å². The van der Waals surface area contributed by atoms with Crippen molar-refractivity contribution in [2.45, 2.75) is 51.1 Å². The van der Waals surface area contributed by atoms with Crippen LogP contribution in [0.2, 0.25) is 0 Å². The molecule has 2 fully saturated rings. The van der Waals surface area contributed by atoms with Gasteiger partial charge in [0.1, 0.15) is 6.04 Å². The van der Waals surface area contributed by atoms with Crippen molar-refractivity contribution in [2.75, 3.05) is 19.6 Å². The molecule has 1 saturated heterocycles. The molecule has 3 heteroatoms. The van der Waals surface area contributed by atoms with Gasteiger partial charge in [0.2, 0.25) is 0 Å². The molecular formula is C13H23N3. The molecule has 1 N–H and O–H groups in total. The first-order valence-corrected chi connectivity index (χ1v) is 6.72. The van der Waals surface area contributed by atoms with E-state index in [-0.39, 0.29) is 6.04 Å². The third kappa shape index (κ3) is 2.56. The second-order valence-electron chi connectivity index (χ2n) is 5.13. The van der Waals surface area contributed by atoms with E-state index in [0.717, 1.165) is 25.0 Å². The topological polar surface area (TPSA) is 39.1 Å². The fourth-order valence-corrected chi connectivity index (χ4v) is 3.36. The minimum absolute atomic E-state index is 0.0191. The van der Waals surface area contributed by atoms with Crippen LogP contribution in [0.1, 0.15) is 39.0 Å². The predicted molar refractivity (Wildman–Crippen MR) is 65.0 cm³/mol. The van der Waals surface area contributed by atoms with Crippen LogP contribution < -0.4 is 5.32 Å². The number of hydrogen-bond donors (Lipinski definition) is 1. The number of likely N-dealkylation sites (tertiary alicyclic amines) is 1. The number of nitriles is 1. The van der Waals surface area contributed by atoms with Gasteiger partial charge in [-0.15, -0.1) is 0 Å². The van der Waals surface area contributed by atoms with Crippen molar-refractivity contribution in [3.8, 4) is 6.07 Å². The zero-order valence-electron chi connectivity index (χ0n) is 10.3. The van der Waals surface area contributed by atoms with Gasteiger partial charge >= 0.3 is 0 Å². The summed E-state index contributed by atoms with van der Waals surface area (Å²) in [7, 11) is 0. The Hall–Kier alpha value is -0.590. The Morgan fingerprint density at radius 2 is 2.19 bits per heavy atom. The summed E-state index contributed by atoms with van der Waals surface area (Å²) in [6.07, 6.45) is 6.93. The zero-order chi connectivity index (χ0) is 11.4. The highest BCUT2D eigenvalue weighted by Gasteiger charge is 2.36. The molecule has 1 aliphatic carbocycles. The third-order valence-electron chi connectivity index (χ3n) is 4.15. The molecule has 1 saturated carbocycles. The lowest BCUT2D eigenvalue weighted by atomic mass is 9.85. The molecule has 0 aromatic carbocycles. The van der Waals surface area contributed by atoms with Crippen molar-refractivity contribution < 1.29 is 0 Å². The summed E-state index contributed by atoms with van der Waals surface area (Å²) in [6, 6.07) is 3.17. The fraction of sp³-hybridized carbons (Fsp3) is 0.923. The molecule has 3 nitrogen and oxygen atoms in total. The molecule has 3 atom stereocenters. The molecule has 2 aliphatic rings. The van der Waals surface area contributed by atoms with E-state index in [9.17, 15) is 0 Å². The van der Waals surface area contributed by atoms with Gasteiger partial charge in [0.05, 0.1) is 6.07 Å². The van der Waals surface area contributed by atoms with E-state index in [0.29, 0.717) is 0 Å². The van der Waals surface area contributed by atoms with Crippen molar-refractivity contribution in [3.05, 3.63) is 0 Å². The Labute approximate surface area is 98.8 Å². The summed E-state index contributed by atoms with van der Waals surface area (Å²) in [5.74, 6) is 0.926. The van der Waals surface area contributed by atoms with Crippen LogP contribution in [0.5, 0.6) is 0 Å². The molecule has 0 amide bonds. The maximum absolute atomic E-state index is 9.07. The van der Waals surface area contributed by atoms with E-state index in [1.54, 1.807) is 0 Å². The Kier molecular flexibility index (Phi) is 4.20. The lowest BCUT2D eigenvalue weighted by Crippen LogP contribution is -2.44. The normalized spacial score (nSPS) is 32.0. The van der Waals surface area contributed by atoms with Crippen LogP contribution in [-0.2, 0) is 0 Å². The number of hydrogen-bond acceptors (Lipinski definition) is 3. The molecular weight excluding hydrogens is 198 g/mol. The molecule has 3 unspecified atom stereocenters. The van der Waals surface area contributed by atoms with Crippen LogP contribution in [0, 0.1) is 17.2 Å². The standard InChI is InChI=1S/C13H23N3/c1-2-15-12(9-14)10-16-8-7-11-5-3-4-6-13(11)16/h11-13,15H,2-8,10H2,1H3. The van der Waals surface area contributed by atoms with Crippen LogP contribution in [0.3, 0.4) is 0 Å². The monoisotopic (exact) mass is 221 g/mol. The number of rotatable bonds is 4. The van der Waals surface area contributed by atoms with E-state index in [2.05, 4.69) is 23.2 Å². The largest absolute Gasteiger partial charge is 0.301 e. The number of nitrogens with one attached hydrogen (secondary N) is 1. The second-order valence-corrected chi connectivity index (χ2v) is 5.13. The SMILES string of the molecule is CCNC(C#N)CN1CCC2CCCCC21. The van der Waals surface area contributed by atoms with Crippen LogP contribution >= 0.6 is 0 Å². The van der Waals surface area contributed by atoms with Gasteiger partial charge in [-0.1, -0.05) is 19.8 Å². The molecule has 1 aliphatic heterocycles. The Balaban J connectivity index is 1.87. The maximum Gasteiger partial charge on any atom is 0.108 e. The van der Waals surface area contributed by atoms with Crippen LogP contribution in [0.4, 0.5) is 0 Å². The zero-order valence-corrected chi connectivity index (χ0v) is 10.3. The molecule has 0 aromatic heterocycles. The van der Waals surface area contributed by atoms with Crippen molar-refractivity contribution in [3.63, 3.8) is 0 Å². The smallest absolute Gasteiger partial charge is 0.108 e. The maximum atomic E-state index is 9.07. The highest BCUT2D eigenvalue weighted by molar-refractivity contribution is 4.97. The van der Waals surface area contributed by atoms with Crippen LogP contribution in [0.25, 0.3) is 0 Å². The van der Waals surface area contributed by atoms with Crippen molar-refractivity contribution in [1.82, 2.24) is 10.2 Å². The van der Waals surface area contributed by atoms with Gasteiger partial charge in [-0.3, -0.25) is 4.90 Å². The molecule has 2 rings (SSSR count). The first kappa shape index (κ1) is 11.9. The van der Waals surface area contributed by atoms with Crippen molar-refractivity contribution in [2.24, 2.45) is 5.92 Å². The van der Waals surface area contributed by atoms with Crippen molar-refractivity contribution >= 4 is 0 Å². The van der Waals surface area contributed by atoms with Gasteiger partial charge in [-0.25, -0.2) is 0 Å². The minimum atomic E-state index is 0.0191. The van der Waals surface area contributed by atoms with E-state index < -0.39 is 0 Å². The Bertz CT molecular complexity index is 258. The Morgan fingerprint density at radius 1 is 1.38 bits per heavy atom. The molecule has 0 bridgehead atoms. The third-order valence-corrected chi connectivity index (χ3v) is 4.15. The molecule has 0 spiro atoms. The minimum Gasteiger partial charge on any atom is -0.301 e. The summed E-state index contributed by atoms with van der Waals surface area (Å²) in [4.78, 5) is 2.56. The van der Waals surface area contributed by atoms with Gasteiger partial charge < -0.3 is 5.32 Å². The van der Waals surface area contributed by atoms with E-state index in [4.69, 9.17) is 5.26 Å². The average Bonchev–Trinajstić information content (AvgIpc) is 2.72. The number of likely N-dealkylation sites (N-methyl/N-ethyl adjacent to an activating group) is 1. The predicted octanol–water partition coefficient (Wildman–Crippen LogP) is 1.75. The van der Waals surface area contributed by atoms with Gasteiger partial charge in [-0.05, 0) is 38.3 Å². The average molecular weight is 221 g/mol. The number of fused-ring (bicyclic) bond motifs is 1. The Morgan fingerprint density at radius 3 is 2.94 bits per heavy atom. The lowest BCUT2D eigenvalue weighted by Gasteiger charge is -2.32. The first-order valence-electron chi connectivity index (χ1n) is 6.72. The van der Waals surface area contributed by atoms with Crippen molar-refractivity contribution in [1.29, 1.82) is 5.26 Å². The molecule has 0 radical (unpaired) electrons. The first-order chi connectivity index (χ1) is 7.85. The van der Waals surface area contributed by atoms with E-state index in [1.165, 1.54) is 38.6 Å². The van der Waals surface area contributed by atoms with Crippen LogP contribution in [0.15, 0.2) is 0 Å². The molecule has 1 heterocycles. The summed E-state index contributed by atoms with van der Waals surface area (Å²) >= 11 is 0. The quantitative estimate of drug-likeness (QED) is 0.786. The highest BCUT2D eigenvalue weighted by Crippen LogP contribution is 2.35. The molecule has 16 heavy (non-hydrogen) atoms. The van der Waals surface area contributed by atoms with Gasteiger partial charge in [0.25, 0.3) is 0 Å². The van der Waals surface area contributed by atoms with Gasteiger partial charge in [0, 0.05) is 12.6 Å². The second kappa shape index (κ2) is 5.65. The fourth-order valence-electron chi connectivity index (χ4n) is 3.36. The van der Waals surface area contributed by atoms with E-state index >= 15 is 0 Å². The van der Waals surface area contributed by atoms with Crippen LogP contribution in [-0.4, -0.2) is 36.6 Å². The summed E-state index contributed by atoms with van der Waals surface area (Å²) in [5.41, 5.74) is 0. The lowest BCUT2D eigenvalue weighted by molar-refractivity contribution is 0.175. The number of nitrogens with zero attached hydrogens (tertiary/aromatic N) is 2. The summed E-state index contributed by atoms with van der Waals surface area (Å²) in [5, 5.41) is 12.3. The van der Waals surface area contributed by atoms with E-state index in [1.807, 2.05) is 0 Å². The van der Waals surface area contributed by atoms with Gasteiger partial charge in [-0.2, -0.15) is 5.26 Å². The summed E-state index contributed by atoms with van der Waals surface area (Å²) < 4.78 is 0. The molecule has 0 aromatic rings. The molecule has 90 valence electrons. The highest BCUT2D eigenvalue weighted by atomic mass is 15.2.